The van der Waals surface area contributed by atoms with Crippen molar-refractivity contribution in [2.24, 2.45) is 4.99 Å². The highest BCUT2D eigenvalue weighted by molar-refractivity contribution is 8.14. The molecular weight excluding hydrogens is 298 g/mol. The van der Waals surface area contributed by atoms with Gasteiger partial charge in [0.05, 0.1) is 6.54 Å². The summed E-state index contributed by atoms with van der Waals surface area (Å²) >= 11 is 1.84. The van der Waals surface area contributed by atoms with Crippen molar-refractivity contribution in [2.75, 3.05) is 32.7 Å². The van der Waals surface area contributed by atoms with E-state index < -0.39 is 0 Å². The van der Waals surface area contributed by atoms with Crippen molar-refractivity contribution in [2.45, 2.75) is 31.9 Å². The minimum Gasteiger partial charge on any atom is -0.348 e. The third kappa shape index (κ3) is 3.14. The minimum atomic E-state index is 0.0252. The molecule has 0 bridgehead atoms. The standard InChI is InChI=1S/C15H23N5OS/c1-10(2)12-8-13(18-17-12)14(21)19-4-6-20(7-5-19)15-16-9-11(3)22-15/h8,10-11H,4-7,9H2,1-3H3,(H,17,18)/t11-/m1/s1. The first-order chi connectivity index (χ1) is 10.5. The van der Waals surface area contributed by atoms with Crippen LogP contribution < -0.4 is 0 Å². The van der Waals surface area contributed by atoms with Gasteiger partial charge in [0.2, 0.25) is 0 Å². The zero-order valence-electron chi connectivity index (χ0n) is 13.4. The molecule has 0 unspecified atom stereocenters. The first kappa shape index (κ1) is 15.4. The summed E-state index contributed by atoms with van der Waals surface area (Å²) in [6.07, 6.45) is 0. The number of amidine groups is 1. The van der Waals surface area contributed by atoms with Gasteiger partial charge in [0.1, 0.15) is 5.69 Å². The molecule has 2 aliphatic heterocycles. The maximum absolute atomic E-state index is 12.5. The zero-order valence-corrected chi connectivity index (χ0v) is 14.2. The van der Waals surface area contributed by atoms with Crippen LogP contribution in [-0.4, -0.2) is 69.0 Å². The highest BCUT2D eigenvalue weighted by Gasteiger charge is 2.28. The third-order valence-corrected chi connectivity index (χ3v) is 5.22. The number of aromatic amines is 1. The van der Waals surface area contributed by atoms with Crippen LogP contribution in [0.1, 0.15) is 42.9 Å². The molecular formula is C15H23N5OS. The second kappa shape index (κ2) is 6.32. The molecule has 0 aliphatic carbocycles. The summed E-state index contributed by atoms with van der Waals surface area (Å²) in [5.74, 6) is 0.377. The van der Waals surface area contributed by atoms with E-state index in [0.29, 0.717) is 16.9 Å². The predicted molar refractivity (Wildman–Crippen MR) is 89.5 cm³/mol. The van der Waals surface area contributed by atoms with Gasteiger partial charge in [-0.15, -0.1) is 0 Å². The molecule has 1 amide bonds. The van der Waals surface area contributed by atoms with E-state index >= 15 is 0 Å². The van der Waals surface area contributed by atoms with Gasteiger partial charge in [-0.3, -0.25) is 14.9 Å². The summed E-state index contributed by atoms with van der Waals surface area (Å²) < 4.78 is 0. The van der Waals surface area contributed by atoms with Gasteiger partial charge in [-0.25, -0.2) is 0 Å². The topological polar surface area (TPSA) is 64.6 Å². The molecule has 120 valence electrons. The largest absolute Gasteiger partial charge is 0.348 e. The Morgan fingerprint density at radius 2 is 2.09 bits per heavy atom. The monoisotopic (exact) mass is 321 g/mol. The lowest BCUT2D eigenvalue weighted by molar-refractivity contribution is 0.0687. The molecule has 1 saturated heterocycles. The Morgan fingerprint density at radius 3 is 2.64 bits per heavy atom. The van der Waals surface area contributed by atoms with Gasteiger partial charge in [0.25, 0.3) is 5.91 Å². The SMILES string of the molecule is CC(C)c1cc(C(=O)N2CCN(C3=NC[C@@H](C)S3)CC2)n[nH]1. The molecule has 1 N–H and O–H groups in total. The van der Waals surface area contributed by atoms with Crippen molar-refractivity contribution in [3.63, 3.8) is 0 Å². The maximum Gasteiger partial charge on any atom is 0.274 e. The number of aliphatic imine (C=N–C) groups is 1. The number of carbonyl (C=O) groups excluding carboxylic acids is 1. The number of rotatable bonds is 2. The fourth-order valence-corrected chi connectivity index (χ4v) is 3.63. The van der Waals surface area contributed by atoms with Gasteiger partial charge in [0.15, 0.2) is 5.17 Å². The number of H-pyrrole nitrogens is 1. The number of hydrogen-bond donors (Lipinski definition) is 1. The predicted octanol–water partition coefficient (Wildman–Crippen LogP) is 1.78. The van der Waals surface area contributed by atoms with Crippen molar-refractivity contribution in [1.29, 1.82) is 0 Å². The summed E-state index contributed by atoms with van der Waals surface area (Å²) in [5.41, 5.74) is 1.53. The molecule has 3 heterocycles. The van der Waals surface area contributed by atoms with Crippen molar-refractivity contribution < 1.29 is 4.79 Å². The van der Waals surface area contributed by atoms with Crippen LogP contribution in [0.3, 0.4) is 0 Å². The van der Waals surface area contributed by atoms with E-state index in [4.69, 9.17) is 0 Å². The molecule has 2 aliphatic rings. The second-order valence-electron chi connectivity index (χ2n) is 6.19. The van der Waals surface area contributed by atoms with E-state index in [9.17, 15) is 4.79 Å². The summed E-state index contributed by atoms with van der Waals surface area (Å²) in [4.78, 5) is 21.3. The van der Waals surface area contributed by atoms with E-state index in [-0.39, 0.29) is 5.91 Å². The summed E-state index contributed by atoms with van der Waals surface area (Å²) in [5, 5.41) is 8.83. The lowest BCUT2D eigenvalue weighted by atomic mass is 10.1. The molecule has 1 fully saturated rings. The Bertz CT molecular complexity index is 574. The first-order valence-electron chi connectivity index (χ1n) is 7.85. The highest BCUT2D eigenvalue weighted by Crippen LogP contribution is 2.24. The smallest absolute Gasteiger partial charge is 0.274 e. The second-order valence-corrected chi connectivity index (χ2v) is 7.60. The Hall–Kier alpha value is -1.50. The van der Waals surface area contributed by atoms with Crippen LogP contribution in [0.4, 0.5) is 0 Å². The van der Waals surface area contributed by atoms with Crippen LogP contribution >= 0.6 is 11.8 Å². The lowest BCUT2D eigenvalue weighted by Crippen LogP contribution is -2.50. The maximum atomic E-state index is 12.5. The minimum absolute atomic E-state index is 0.0252. The number of hydrogen-bond acceptors (Lipinski definition) is 5. The van der Waals surface area contributed by atoms with E-state index in [2.05, 4.69) is 40.9 Å². The molecule has 3 rings (SSSR count). The van der Waals surface area contributed by atoms with Crippen molar-refractivity contribution in [3.05, 3.63) is 17.5 Å². The van der Waals surface area contributed by atoms with Gasteiger partial charge in [0, 0.05) is 37.1 Å². The zero-order chi connectivity index (χ0) is 15.7. The molecule has 0 saturated carbocycles. The fraction of sp³-hybridized carbons (Fsp3) is 0.667. The van der Waals surface area contributed by atoms with Gasteiger partial charge < -0.3 is 9.80 Å². The molecule has 1 aromatic rings. The average Bonchev–Trinajstić information content (AvgIpc) is 3.16. The summed E-state index contributed by atoms with van der Waals surface area (Å²) in [6, 6.07) is 1.87. The molecule has 7 heteroatoms. The molecule has 1 aromatic heterocycles. The van der Waals surface area contributed by atoms with E-state index in [0.717, 1.165) is 43.6 Å². The molecule has 6 nitrogen and oxygen atoms in total. The molecule has 22 heavy (non-hydrogen) atoms. The van der Waals surface area contributed by atoms with Crippen molar-refractivity contribution in [1.82, 2.24) is 20.0 Å². The van der Waals surface area contributed by atoms with E-state index in [1.54, 1.807) is 0 Å². The molecule has 0 radical (unpaired) electrons. The normalized spacial score (nSPS) is 22.4. The first-order valence-corrected chi connectivity index (χ1v) is 8.73. The molecule has 0 aromatic carbocycles. The number of nitrogens with one attached hydrogen (secondary N) is 1. The number of carbonyl (C=O) groups is 1. The van der Waals surface area contributed by atoms with Crippen LogP contribution in [0.15, 0.2) is 11.1 Å². The van der Waals surface area contributed by atoms with Crippen molar-refractivity contribution in [3.8, 4) is 0 Å². The Labute approximate surface area is 135 Å². The van der Waals surface area contributed by atoms with Crippen LogP contribution in [0.25, 0.3) is 0 Å². The number of nitrogens with zero attached hydrogens (tertiary/aromatic N) is 4. The Balaban J connectivity index is 1.57. The third-order valence-electron chi connectivity index (χ3n) is 4.07. The van der Waals surface area contributed by atoms with Crippen LogP contribution in [0, 0.1) is 0 Å². The quantitative estimate of drug-likeness (QED) is 0.902. The van der Waals surface area contributed by atoms with Gasteiger partial charge in [-0.1, -0.05) is 32.5 Å². The average molecular weight is 321 g/mol. The van der Waals surface area contributed by atoms with E-state index in [1.807, 2.05) is 22.7 Å². The number of aromatic nitrogens is 2. The number of piperazine rings is 1. The highest BCUT2D eigenvalue weighted by atomic mass is 32.2. The summed E-state index contributed by atoms with van der Waals surface area (Å²) in [7, 11) is 0. The lowest BCUT2D eigenvalue weighted by Gasteiger charge is -2.35. The number of thioether (sulfide) groups is 1. The fourth-order valence-electron chi connectivity index (χ4n) is 2.64. The van der Waals surface area contributed by atoms with Crippen LogP contribution in [0.2, 0.25) is 0 Å². The number of amides is 1. The van der Waals surface area contributed by atoms with Gasteiger partial charge >= 0.3 is 0 Å². The van der Waals surface area contributed by atoms with Crippen LogP contribution in [0.5, 0.6) is 0 Å². The summed E-state index contributed by atoms with van der Waals surface area (Å²) in [6.45, 7) is 10.4. The Kier molecular flexibility index (Phi) is 4.42. The van der Waals surface area contributed by atoms with Crippen LogP contribution in [-0.2, 0) is 0 Å². The Morgan fingerprint density at radius 1 is 1.36 bits per heavy atom. The van der Waals surface area contributed by atoms with Gasteiger partial charge in [-0.05, 0) is 12.0 Å². The molecule has 1 atom stereocenters. The van der Waals surface area contributed by atoms with E-state index in [1.165, 1.54) is 0 Å². The molecule has 0 spiro atoms. The van der Waals surface area contributed by atoms with Crippen molar-refractivity contribution >= 4 is 22.8 Å². The van der Waals surface area contributed by atoms with Gasteiger partial charge in [-0.2, -0.15) is 5.10 Å².